The Morgan fingerprint density at radius 3 is 2.31 bits per heavy atom. The van der Waals surface area contributed by atoms with Crippen molar-refractivity contribution in [2.45, 2.75) is 19.3 Å². The molecule has 0 aliphatic carbocycles. The first-order valence-corrected chi connectivity index (χ1v) is 6.03. The van der Waals surface area contributed by atoms with E-state index in [9.17, 15) is 8.42 Å². The summed E-state index contributed by atoms with van der Waals surface area (Å²) >= 11 is 0. The SMILES string of the molecule is NCCCNCCCCS(=O)(=O)O. The van der Waals surface area contributed by atoms with Gasteiger partial charge in [-0.15, -0.1) is 0 Å². The van der Waals surface area contributed by atoms with Crippen molar-refractivity contribution in [2.24, 2.45) is 5.73 Å². The van der Waals surface area contributed by atoms with Crippen molar-refractivity contribution in [1.29, 1.82) is 0 Å². The summed E-state index contributed by atoms with van der Waals surface area (Å²) < 4.78 is 29.0. The normalized spacial score (nSPS) is 11.8. The molecule has 0 spiro atoms. The van der Waals surface area contributed by atoms with Crippen molar-refractivity contribution in [2.75, 3.05) is 25.4 Å². The van der Waals surface area contributed by atoms with Crippen molar-refractivity contribution in [3.63, 3.8) is 0 Å². The zero-order chi connectivity index (χ0) is 10.2. The Bertz CT molecular complexity index is 204. The first-order valence-electron chi connectivity index (χ1n) is 4.42. The van der Waals surface area contributed by atoms with Gasteiger partial charge in [-0.2, -0.15) is 8.42 Å². The molecular weight excluding hydrogens is 192 g/mol. The Hall–Kier alpha value is -0.170. The Morgan fingerprint density at radius 2 is 1.77 bits per heavy atom. The van der Waals surface area contributed by atoms with Crippen molar-refractivity contribution in [3.05, 3.63) is 0 Å². The van der Waals surface area contributed by atoms with Crippen molar-refractivity contribution >= 4 is 10.1 Å². The minimum absolute atomic E-state index is 0.147. The number of hydrogen-bond donors (Lipinski definition) is 3. The lowest BCUT2D eigenvalue weighted by atomic mass is 10.3. The monoisotopic (exact) mass is 210 g/mol. The minimum Gasteiger partial charge on any atom is -0.330 e. The van der Waals surface area contributed by atoms with Gasteiger partial charge >= 0.3 is 0 Å². The third-order valence-corrected chi connectivity index (χ3v) is 2.37. The molecule has 0 fully saturated rings. The molecule has 0 aliphatic heterocycles. The van der Waals surface area contributed by atoms with Gasteiger partial charge in [0.25, 0.3) is 10.1 Å². The van der Waals surface area contributed by atoms with Crippen LogP contribution < -0.4 is 11.1 Å². The lowest BCUT2D eigenvalue weighted by Gasteiger charge is -2.02. The molecule has 0 saturated heterocycles. The average Bonchev–Trinajstić information content (AvgIpc) is 2.01. The highest BCUT2D eigenvalue weighted by Gasteiger charge is 2.02. The van der Waals surface area contributed by atoms with Crippen LogP contribution >= 0.6 is 0 Å². The highest BCUT2D eigenvalue weighted by Crippen LogP contribution is 1.92. The van der Waals surface area contributed by atoms with Gasteiger partial charge in [-0.05, 0) is 38.9 Å². The van der Waals surface area contributed by atoms with Gasteiger partial charge in [0.1, 0.15) is 0 Å². The molecule has 4 N–H and O–H groups in total. The van der Waals surface area contributed by atoms with Crippen molar-refractivity contribution < 1.29 is 13.0 Å². The second-order valence-corrected chi connectivity index (χ2v) is 4.46. The van der Waals surface area contributed by atoms with E-state index in [0.717, 1.165) is 25.9 Å². The molecule has 0 rings (SSSR count). The predicted octanol–water partition coefficient (Wildman–Crippen LogP) is -0.407. The van der Waals surface area contributed by atoms with Crippen LogP contribution in [0.1, 0.15) is 19.3 Å². The summed E-state index contributed by atoms with van der Waals surface area (Å²) in [7, 11) is -3.77. The lowest BCUT2D eigenvalue weighted by Crippen LogP contribution is -2.19. The molecule has 0 amide bonds. The molecule has 0 aromatic carbocycles. The molecule has 0 bridgehead atoms. The maximum absolute atomic E-state index is 10.3. The first kappa shape index (κ1) is 12.8. The summed E-state index contributed by atoms with van der Waals surface area (Å²) in [6.07, 6.45) is 2.18. The number of unbranched alkanes of at least 4 members (excludes halogenated alkanes) is 1. The quantitative estimate of drug-likeness (QED) is 0.374. The Balaban J connectivity index is 3.09. The van der Waals surface area contributed by atoms with E-state index in [4.69, 9.17) is 10.3 Å². The standard InChI is InChI=1S/C7H18N2O3S/c8-4-3-6-9-5-1-2-7-13(10,11)12/h9H,1-8H2,(H,10,11,12). The van der Waals surface area contributed by atoms with E-state index < -0.39 is 10.1 Å². The smallest absolute Gasteiger partial charge is 0.264 e. The molecule has 0 unspecified atom stereocenters. The molecule has 80 valence electrons. The van der Waals surface area contributed by atoms with Crippen LogP contribution in [0.4, 0.5) is 0 Å². The van der Waals surface area contributed by atoms with Gasteiger partial charge < -0.3 is 11.1 Å². The van der Waals surface area contributed by atoms with Crippen LogP contribution in [0.15, 0.2) is 0 Å². The summed E-state index contributed by atoms with van der Waals surface area (Å²) in [4.78, 5) is 0. The topological polar surface area (TPSA) is 92.4 Å². The largest absolute Gasteiger partial charge is 0.330 e. The van der Waals surface area contributed by atoms with E-state index >= 15 is 0 Å². The highest BCUT2D eigenvalue weighted by atomic mass is 32.2. The second kappa shape index (κ2) is 7.25. The van der Waals surface area contributed by atoms with Gasteiger partial charge in [0, 0.05) is 0 Å². The van der Waals surface area contributed by atoms with Gasteiger partial charge in [-0.25, -0.2) is 0 Å². The molecule has 0 aromatic rings. The van der Waals surface area contributed by atoms with E-state index in [2.05, 4.69) is 5.32 Å². The molecule has 0 aliphatic rings. The van der Waals surface area contributed by atoms with Gasteiger partial charge in [-0.3, -0.25) is 4.55 Å². The van der Waals surface area contributed by atoms with Gasteiger partial charge in [0.05, 0.1) is 5.75 Å². The molecule has 0 radical (unpaired) electrons. The summed E-state index contributed by atoms with van der Waals surface area (Å²) in [5, 5.41) is 3.12. The van der Waals surface area contributed by atoms with Crippen LogP contribution in [0.2, 0.25) is 0 Å². The second-order valence-electron chi connectivity index (χ2n) is 2.89. The van der Waals surface area contributed by atoms with Crippen LogP contribution in [-0.2, 0) is 10.1 Å². The fraction of sp³-hybridized carbons (Fsp3) is 1.00. The molecule has 0 heterocycles. The fourth-order valence-electron chi connectivity index (χ4n) is 0.887. The molecule has 13 heavy (non-hydrogen) atoms. The lowest BCUT2D eigenvalue weighted by molar-refractivity contribution is 0.479. The predicted molar refractivity (Wildman–Crippen MR) is 52.2 cm³/mol. The zero-order valence-corrected chi connectivity index (χ0v) is 8.52. The van der Waals surface area contributed by atoms with Crippen molar-refractivity contribution in [3.8, 4) is 0 Å². The van der Waals surface area contributed by atoms with Crippen LogP contribution in [0.3, 0.4) is 0 Å². The first-order chi connectivity index (χ1) is 6.06. The van der Waals surface area contributed by atoms with Gasteiger partial charge in [0.2, 0.25) is 0 Å². The fourth-order valence-corrected chi connectivity index (χ4v) is 1.46. The maximum Gasteiger partial charge on any atom is 0.264 e. The number of nitrogens with two attached hydrogens (primary N) is 1. The molecule has 6 heteroatoms. The summed E-state index contributed by atoms with van der Waals surface area (Å²) in [5.74, 6) is -0.147. The third-order valence-electron chi connectivity index (χ3n) is 1.56. The zero-order valence-electron chi connectivity index (χ0n) is 7.70. The molecule has 0 atom stereocenters. The molecule has 0 aromatic heterocycles. The summed E-state index contributed by atoms with van der Waals surface area (Å²) in [5.41, 5.74) is 5.27. The van der Waals surface area contributed by atoms with Crippen LogP contribution in [0.5, 0.6) is 0 Å². The van der Waals surface area contributed by atoms with Gasteiger partial charge in [-0.1, -0.05) is 0 Å². The Labute approximate surface area is 79.4 Å². The van der Waals surface area contributed by atoms with E-state index in [1.807, 2.05) is 0 Å². The summed E-state index contributed by atoms with van der Waals surface area (Å²) in [6, 6.07) is 0. The highest BCUT2D eigenvalue weighted by molar-refractivity contribution is 7.85. The van der Waals surface area contributed by atoms with E-state index in [1.165, 1.54) is 0 Å². The van der Waals surface area contributed by atoms with E-state index in [0.29, 0.717) is 13.0 Å². The van der Waals surface area contributed by atoms with Crippen molar-refractivity contribution in [1.82, 2.24) is 5.32 Å². The number of rotatable bonds is 8. The van der Waals surface area contributed by atoms with Crippen LogP contribution in [-0.4, -0.2) is 38.4 Å². The molecule has 5 nitrogen and oxygen atoms in total. The molecule has 0 saturated carbocycles. The van der Waals surface area contributed by atoms with E-state index in [1.54, 1.807) is 0 Å². The molecular formula is C7H18N2O3S. The van der Waals surface area contributed by atoms with Gasteiger partial charge in [0.15, 0.2) is 0 Å². The minimum atomic E-state index is -3.77. The maximum atomic E-state index is 10.3. The number of nitrogens with one attached hydrogen (secondary N) is 1. The van der Waals surface area contributed by atoms with E-state index in [-0.39, 0.29) is 5.75 Å². The Kier molecular flexibility index (Phi) is 7.16. The van der Waals surface area contributed by atoms with Crippen LogP contribution in [0.25, 0.3) is 0 Å². The average molecular weight is 210 g/mol. The third kappa shape index (κ3) is 11.8. The Morgan fingerprint density at radius 1 is 1.15 bits per heavy atom. The number of hydrogen-bond acceptors (Lipinski definition) is 4. The van der Waals surface area contributed by atoms with Crippen LogP contribution in [0, 0.1) is 0 Å². The summed E-state index contributed by atoms with van der Waals surface area (Å²) in [6.45, 7) is 2.30.